The first kappa shape index (κ1) is 18.1. The average Bonchev–Trinajstić information content (AvgIpc) is 2.59. The summed E-state index contributed by atoms with van der Waals surface area (Å²) in [5.74, 6) is 0.141. The van der Waals surface area contributed by atoms with Crippen LogP contribution in [0.2, 0.25) is 0 Å². The van der Waals surface area contributed by atoms with Crippen LogP contribution in [0.5, 0.6) is 0 Å². The second-order valence-electron chi connectivity index (χ2n) is 6.67. The predicted octanol–water partition coefficient (Wildman–Crippen LogP) is 3.49. The molecule has 5 heteroatoms. The van der Waals surface area contributed by atoms with Crippen molar-refractivity contribution < 1.29 is 10.0 Å². The Bertz CT molecular complexity index is 671. The van der Waals surface area contributed by atoms with Gasteiger partial charge in [-0.05, 0) is 16.5 Å². The summed E-state index contributed by atoms with van der Waals surface area (Å²) in [6.45, 7) is 5.40. The number of benzene rings is 2. The lowest BCUT2D eigenvalue weighted by Crippen LogP contribution is -2.34. The molecule has 0 aliphatic rings. The van der Waals surface area contributed by atoms with Crippen LogP contribution >= 0.6 is 0 Å². The molecule has 0 saturated carbocycles. The van der Waals surface area contributed by atoms with E-state index in [1.54, 1.807) is 12.1 Å². The minimum atomic E-state index is -0.384. The van der Waals surface area contributed by atoms with Gasteiger partial charge in [-0.2, -0.15) is 0 Å². The maximum atomic E-state index is 10.8. The molecule has 0 aliphatic heterocycles. The number of non-ortho nitro benzene ring substituents is 1. The molecule has 0 spiro atoms. The lowest BCUT2D eigenvalue weighted by Gasteiger charge is -2.33. The van der Waals surface area contributed by atoms with E-state index in [0.29, 0.717) is 13.1 Å². The molecule has 0 radical (unpaired) electrons. The van der Waals surface area contributed by atoms with Gasteiger partial charge in [0.15, 0.2) is 0 Å². The number of nitrogens with zero attached hydrogens (tertiary/aromatic N) is 1. The zero-order chi connectivity index (χ0) is 17.6. The Labute approximate surface area is 142 Å². The Morgan fingerprint density at radius 3 is 2.50 bits per heavy atom. The molecular weight excluding hydrogens is 304 g/mol. The summed E-state index contributed by atoms with van der Waals surface area (Å²) in [6, 6.07) is 16.7. The van der Waals surface area contributed by atoms with Crippen molar-refractivity contribution in [2.24, 2.45) is 5.41 Å². The van der Waals surface area contributed by atoms with Crippen molar-refractivity contribution in [1.82, 2.24) is 5.32 Å². The van der Waals surface area contributed by atoms with Crippen molar-refractivity contribution in [3.05, 3.63) is 75.8 Å². The van der Waals surface area contributed by atoms with Crippen LogP contribution in [0.3, 0.4) is 0 Å². The molecule has 2 aromatic rings. The van der Waals surface area contributed by atoms with Crippen LogP contribution in [-0.4, -0.2) is 23.2 Å². The highest BCUT2D eigenvalue weighted by molar-refractivity contribution is 5.34. The molecule has 24 heavy (non-hydrogen) atoms. The van der Waals surface area contributed by atoms with E-state index in [9.17, 15) is 15.2 Å². The summed E-state index contributed by atoms with van der Waals surface area (Å²) in [5.41, 5.74) is 1.88. The number of rotatable bonds is 8. The van der Waals surface area contributed by atoms with Gasteiger partial charge in [0.1, 0.15) is 0 Å². The quantitative estimate of drug-likeness (QED) is 0.574. The number of hydrogen-bond donors (Lipinski definition) is 2. The van der Waals surface area contributed by atoms with Crippen LogP contribution in [0.15, 0.2) is 54.6 Å². The van der Waals surface area contributed by atoms with Crippen molar-refractivity contribution in [2.45, 2.75) is 26.3 Å². The number of hydrogen-bond acceptors (Lipinski definition) is 4. The molecule has 2 N–H and O–H groups in total. The van der Waals surface area contributed by atoms with Crippen LogP contribution in [0, 0.1) is 15.5 Å². The van der Waals surface area contributed by atoms with Gasteiger partial charge in [0.2, 0.25) is 0 Å². The zero-order valence-corrected chi connectivity index (χ0v) is 14.1. The van der Waals surface area contributed by atoms with Gasteiger partial charge >= 0.3 is 0 Å². The predicted molar refractivity (Wildman–Crippen MR) is 94.9 cm³/mol. The van der Waals surface area contributed by atoms with Crippen LogP contribution in [0.1, 0.15) is 30.9 Å². The fourth-order valence-electron chi connectivity index (χ4n) is 2.78. The highest BCUT2D eigenvalue weighted by Crippen LogP contribution is 2.34. The van der Waals surface area contributed by atoms with E-state index in [-0.39, 0.29) is 28.6 Å². The highest BCUT2D eigenvalue weighted by atomic mass is 16.6. The summed E-state index contributed by atoms with van der Waals surface area (Å²) in [7, 11) is 0. The summed E-state index contributed by atoms with van der Waals surface area (Å²) < 4.78 is 0. The molecule has 1 unspecified atom stereocenters. The van der Waals surface area contributed by atoms with Crippen molar-refractivity contribution in [2.75, 3.05) is 13.2 Å². The van der Waals surface area contributed by atoms with Gasteiger partial charge < -0.3 is 10.4 Å². The third kappa shape index (κ3) is 4.63. The van der Waals surface area contributed by atoms with E-state index in [1.165, 1.54) is 11.6 Å². The second-order valence-corrected chi connectivity index (χ2v) is 6.67. The number of aliphatic hydroxyl groups is 1. The standard InChI is InChI=1S/C19H24N2O3/c1-19(2,14-22)18(16-8-4-3-5-9-16)13-20-12-15-7-6-10-17(11-15)21(23)24/h3-11,18,20,22H,12-14H2,1-2H3. The smallest absolute Gasteiger partial charge is 0.269 e. The lowest BCUT2D eigenvalue weighted by atomic mass is 9.75. The second kappa shape index (κ2) is 8.04. The van der Waals surface area contributed by atoms with Gasteiger partial charge in [-0.15, -0.1) is 0 Å². The monoisotopic (exact) mass is 328 g/mol. The first-order valence-corrected chi connectivity index (χ1v) is 8.04. The van der Waals surface area contributed by atoms with Gasteiger partial charge in [-0.3, -0.25) is 10.1 Å². The molecular formula is C19H24N2O3. The molecule has 2 aromatic carbocycles. The fraction of sp³-hybridized carbons (Fsp3) is 0.368. The SMILES string of the molecule is CC(C)(CO)C(CNCc1cccc([N+](=O)[O-])c1)c1ccccc1. The van der Waals surface area contributed by atoms with Gasteiger partial charge in [-0.25, -0.2) is 0 Å². The summed E-state index contributed by atoms with van der Waals surface area (Å²) in [4.78, 5) is 10.5. The van der Waals surface area contributed by atoms with Gasteiger partial charge in [0.25, 0.3) is 5.69 Å². The third-order valence-corrected chi connectivity index (χ3v) is 4.35. The Morgan fingerprint density at radius 1 is 1.17 bits per heavy atom. The molecule has 0 saturated heterocycles. The molecule has 128 valence electrons. The number of nitro groups is 1. The molecule has 0 bridgehead atoms. The van der Waals surface area contributed by atoms with Crippen molar-refractivity contribution in [1.29, 1.82) is 0 Å². The topological polar surface area (TPSA) is 75.4 Å². The molecule has 1 atom stereocenters. The lowest BCUT2D eigenvalue weighted by molar-refractivity contribution is -0.384. The Morgan fingerprint density at radius 2 is 1.88 bits per heavy atom. The maximum absolute atomic E-state index is 10.8. The first-order chi connectivity index (χ1) is 11.4. The molecule has 5 nitrogen and oxygen atoms in total. The van der Waals surface area contributed by atoms with E-state index in [1.807, 2.05) is 38.1 Å². The Hall–Kier alpha value is -2.24. The van der Waals surface area contributed by atoms with Gasteiger partial charge in [-0.1, -0.05) is 56.3 Å². The molecule has 0 amide bonds. The van der Waals surface area contributed by atoms with E-state index >= 15 is 0 Å². The van der Waals surface area contributed by atoms with E-state index in [2.05, 4.69) is 17.4 Å². The Balaban J connectivity index is 2.06. The van der Waals surface area contributed by atoms with Crippen LogP contribution in [0.25, 0.3) is 0 Å². The van der Waals surface area contributed by atoms with Crippen LogP contribution in [-0.2, 0) is 6.54 Å². The summed E-state index contributed by atoms with van der Waals surface area (Å²) in [6.07, 6.45) is 0. The normalized spacial score (nSPS) is 12.8. The molecule has 0 heterocycles. The largest absolute Gasteiger partial charge is 0.396 e. The van der Waals surface area contributed by atoms with Gasteiger partial charge in [0.05, 0.1) is 4.92 Å². The van der Waals surface area contributed by atoms with E-state index in [4.69, 9.17) is 0 Å². The molecule has 0 aliphatic carbocycles. The van der Waals surface area contributed by atoms with Crippen molar-refractivity contribution in [3.63, 3.8) is 0 Å². The number of nitrogens with one attached hydrogen (secondary N) is 1. The minimum absolute atomic E-state index is 0.0883. The summed E-state index contributed by atoms with van der Waals surface area (Å²) in [5, 5.41) is 24.0. The first-order valence-electron chi connectivity index (χ1n) is 8.04. The van der Waals surface area contributed by atoms with E-state index < -0.39 is 0 Å². The zero-order valence-electron chi connectivity index (χ0n) is 14.1. The maximum Gasteiger partial charge on any atom is 0.269 e. The van der Waals surface area contributed by atoms with Crippen molar-refractivity contribution in [3.8, 4) is 0 Å². The van der Waals surface area contributed by atoms with Crippen LogP contribution in [0.4, 0.5) is 5.69 Å². The fourth-order valence-corrected chi connectivity index (χ4v) is 2.78. The highest BCUT2D eigenvalue weighted by Gasteiger charge is 2.29. The van der Waals surface area contributed by atoms with Crippen molar-refractivity contribution >= 4 is 5.69 Å². The molecule has 0 fully saturated rings. The van der Waals surface area contributed by atoms with E-state index in [0.717, 1.165) is 5.56 Å². The molecule has 2 rings (SSSR count). The third-order valence-electron chi connectivity index (χ3n) is 4.35. The average molecular weight is 328 g/mol. The number of nitro benzene ring substituents is 1. The minimum Gasteiger partial charge on any atom is -0.396 e. The van der Waals surface area contributed by atoms with Gasteiger partial charge in [0, 0.05) is 37.7 Å². The number of aliphatic hydroxyl groups excluding tert-OH is 1. The molecule has 0 aromatic heterocycles. The van der Waals surface area contributed by atoms with Crippen LogP contribution < -0.4 is 5.32 Å². The Kier molecular flexibility index (Phi) is 6.06. The summed E-state index contributed by atoms with van der Waals surface area (Å²) >= 11 is 0.